The Morgan fingerprint density at radius 2 is 2.21 bits per heavy atom. The van der Waals surface area contributed by atoms with E-state index in [0.29, 0.717) is 6.04 Å². The molecule has 104 valence electrons. The molecular weight excluding hydrogens is 238 g/mol. The second kappa shape index (κ2) is 6.06. The zero-order valence-electron chi connectivity index (χ0n) is 12.0. The molecule has 2 N–H and O–H groups in total. The fraction of sp³-hybridized carbons (Fsp3) is 0.533. The van der Waals surface area contributed by atoms with Gasteiger partial charge in [-0.25, -0.2) is 0 Å². The predicted molar refractivity (Wildman–Crippen MR) is 79.6 cm³/mol. The number of benzene rings is 1. The summed E-state index contributed by atoms with van der Waals surface area (Å²) in [6.07, 6.45) is 2.44. The highest BCUT2D eigenvalue weighted by Gasteiger charge is 2.16. The van der Waals surface area contributed by atoms with E-state index in [1.807, 2.05) is 19.1 Å². The van der Waals surface area contributed by atoms with Gasteiger partial charge < -0.3 is 15.5 Å². The first-order chi connectivity index (χ1) is 9.04. The summed E-state index contributed by atoms with van der Waals surface area (Å²) in [7, 11) is 2.16. The van der Waals surface area contributed by atoms with Gasteiger partial charge in [-0.05, 0) is 51.1 Å². The molecule has 19 heavy (non-hydrogen) atoms. The Labute approximate surface area is 115 Å². The molecule has 1 aromatic carbocycles. The monoisotopic (exact) mass is 261 g/mol. The molecule has 1 atom stereocenters. The summed E-state index contributed by atoms with van der Waals surface area (Å²) in [5.74, 6) is -0.0300. The van der Waals surface area contributed by atoms with Crippen molar-refractivity contribution in [1.29, 1.82) is 0 Å². The fourth-order valence-electron chi connectivity index (χ4n) is 2.56. The molecule has 1 saturated heterocycles. The van der Waals surface area contributed by atoms with Crippen molar-refractivity contribution >= 4 is 17.3 Å². The van der Waals surface area contributed by atoms with Crippen molar-refractivity contribution in [2.45, 2.75) is 32.7 Å². The molecule has 0 spiro atoms. The third kappa shape index (κ3) is 3.96. The Morgan fingerprint density at radius 1 is 1.42 bits per heavy atom. The van der Waals surface area contributed by atoms with Crippen LogP contribution in [0.15, 0.2) is 18.2 Å². The van der Waals surface area contributed by atoms with Gasteiger partial charge in [0, 0.05) is 30.9 Å². The minimum Gasteiger partial charge on any atom is -0.381 e. The van der Waals surface area contributed by atoms with E-state index < -0.39 is 0 Å². The number of anilines is 2. The third-order valence-electron chi connectivity index (χ3n) is 3.54. The second-order valence-corrected chi connectivity index (χ2v) is 5.46. The van der Waals surface area contributed by atoms with Crippen molar-refractivity contribution in [2.24, 2.45) is 0 Å². The molecule has 1 amide bonds. The fourth-order valence-corrected chi connectivity index (χ4v) is 2.56. The lowest BCUT2D eigenvalue weighted by Gasteiger charge is -2.31. The largest absolute Gasteiger partial charge is 0.381 e. The number of aryl methyl sites for hydroxylation is 1. The van der Waals surface area contributed by atoms with Crippen LogP contribution in [0.25, 0.3) is 0 Å². The Kier molecular flexibility index (Phi) is 4.43. The van der Waals surface area contributed by atoms with Crippen molar-refractivity contribution in [2.75, 3.05) is 30.8 Å². The molecule has 1 aromatic rings. The van der Waals surface area contributed by atoms with Crippen LogP contribution in [0.2, 0.25) is 0 Å². The summed E-state index contributed by atoms with van der Waals surface area (Å²) < 4.78 is 0. The molecule has 1 fully saturated rings. The molecule has 0 radical (unpaired) electrons. The number of hydrogen-bond donors (Lipinski definition) is 2. The zero-order valence-corrected chi connectivity index (χ0v) is 12.0. The zero-order chi connectivity index (χ0) is 13.8. The lowest BCUT2D eigenvalue weighted by atomic mass is 10.1. The standard InChI is InChI=1S/C15H23N3O/c1-11-6-7-13(9-15(11)16-12(2)19)17-14-5-4-8-18(3)10-14/h6-7,9,14,17H,4-5,8,10H2,1-3H3,(H,16,19). The van der Waals surface area contributed by atoms with Crippen LogP contribution in [-0.4, -0.2) is 37.0 Å². The molecule has 1 unspecified atom stereocenters. The minimum absolute atomic E-state index is 0.0300. The van der Waals surface area contributed by atoms with Gasteiger partial charge in [0.1, 0.15) is 0 Å². The van der Waals surface area contributed by atoms with Gasteiger partial charge in [-0.1, -0.05) is 6.07 Å². The number of piperidine rings is 1. The van der Waals surface area contributed by atoms with Crippen molar-refractivity contribution in [3.05, 3.63) is 23.8 Å². The van der Waals surface area contributed by atoms with Crippen LogP contribution in [-0.2, 0) is 4.79 Å². The third-order valence-corrected chi connectivity index (χ3v) is 3.54. The maximum Gasteiger partial charge on any atom is 0.221 e. The van der Waals surface area contributed by atoms with Crippen molar-refractivity contribution in [3.8, 4) is 0 Å². The average Bonchev–Trinajstić information content (AvgIpc) is 2.33. The Balaban J connectivity index is 2.05. The van der Waals surface area contributed by atoms with E-state index in [1.54, 1.807) is 0 Å². The maximum absolute atomic E-state index is 11.2. The summed E-state index contributed by atoms with van der Waals surface area (Å²) >= 11 is 0. The molecule has 4 heteroatoms. The molecular formula is C15H23N3O. The van der Waals surface area contributed by atoms with Crippen molar-refractivity contribution in [1.82, 2.24) is 4.90 Å². The van der Waals surface area contributed by atoms with E-state index in [9.17, 15) is 4.79 Å². The Hall–Kier alpha value is -1.55. The number of carbonyl (C=O) groups is 1. The summed E-state index contributed by atoms with van der Waals surface area (Å²) in [6.45, 7) is 5.80. The van der Waals surface area contributed by atoms with Crippen LogP contribution >= 0.6 is 0 Å². The van der Waals surface area contributed by atoms with E-state index in [0.717, 1.165) is 23.5 Å². The Bertz CT molecular complexity index is 459. The van der Waals surface area contributed by atoms with Gasteiger partial charge in [0.15, 0.2) is 0 Å². The van der Waals surface area contributed by atoms with Crippen LogP contribution in [0, 0.1) is 6.92 Å². The number of rotatable bonds is 3. The molecule has 2 rings (SSSR count). The average molecular weight is 261 g/mol. The van der Waals surface area contributed by atoms with Gasteiger partial charge in [0.2, 0.25) is 5.91 Å². The summed E-state index contributed by atoms with van der Waals surface area (Å²) in [5, 5.41) is 6.43. The number of likely N-dealkylation sites (tertiary alicyclic amines) is 1. The number of nitrogens with zero attached hydrogens (tertiary/aromatic N) is 1. The van der Waals surface area contributed by atoms with Crippen LogP contribution in [0.4, 0.5) is 11.4 Å². The van der Waals surface area contributed by atoms with Crippen LogP contribution in [0.1, 0.15) is 25.3 Å². The van der Waals surface area contributed by atoms with Gasteiger partial charge in [0.05, 0.1) is 0 Å². The summed E-state index contributed by atoms with van der Waals surface area (Å²) in [6, 6.07) is 6.63. The van der Waals surface area contributed by atoms with Gasteiger partial charge in [-0.2, -0.15) is 0 Å². The maximum atomic E-state index is 11.2. The normalized spacial score (nSPS) is 20.1. The molecule has 0 aliphatic carbocycles. The van der Waals surface area contributed by atoms with Crippen LogP contribution < -0.4 is 10.6 Å². The number of nitrogens with one attached hydrogen (secondary N) is 2. The van der Waals surface area contributed by atoms with Gasteiger partial charge >= 0.3 is 0 Å². The smallest absolute Gasteiger partial charge is 0.221 e. The summed E-state index contributed by atoms with van der Waals surface area (Å²) in [5.41, 5.74) is 3.05. The number of hydrogen-bond acceptors (Lipinski definition) is 3. The Morgan fingerprint density at radius 3 is 2.89 bits per heavy atom. The lowest BCUT2D eigenvalue weighted by Crippen LogP contribution is -2.39. The molecule has 0 bridgehead atoms. The first-order valence-corrected chi connectivity index (χ1v) is 6.88. The van der Waals surface area contributed by atoms with E-state index in [-0.39, 0.29) is 5.91 Å². The van der Waals surface area contributed by atoms with Crippen LogP contribution in [0.5, 0.6) is 0 Å². The van der Waals surface area contributed by atoms with Gasteiger partial charge in [0.25, 0.3) is 0 Å². The number of amides is 1. The second-order valence-electron chi connectivity index (χ2n) is 5.46. The highest BCUT2D eigenvalue weighted by molar-refractivity contribution is 5.90. The molecule has 0 aromatic heterocycles. The van der Waals surface area contributed by atoms with Gasteiger partial charge in [-0.3, -0.25) is 4.79 Å². The number of carbonyl (C=O) groups excluding carboxylic acids is 1. The van der Waals surface area contributed by atoms with Gasteiger partial charge in [-0.15, -0.1) is 0 Å². The van der Waals surface area contributed by atoms with E-state index in [2.05, 4.69) is 28.6 Å². The lowest BCUT2D eigenvalue weighted by molar-refractivity contribution is -0.114. The minimum atomic E-state index is -0.0300. The van der Waals surface area contributed by atoms with Crippen molar-refractivity contribution in [3.63, 3.8) is 0 Å². The van der Waals surface area contributed by atoms with E-state index >= 15 is 0 Å². The first kappa shape index (κ1) is 13.9. The molecule has 1 aliphatic heterocycles. The topological polar surface area (TPSA) is 44.4 Å². The highest BCUT2D eigenvalue weighted by atomic mass is 16.1. The van der Waals surface area contributed by atoms with E-state index in [1.165, 1.54) is 26.3 Å². The molecule has 1 aliphatic rings. The number of likely N-dealkylation sites (N-methyl/N-ethyl adjacent to an activating group) is 1. The van der Waals surface area contributed by atoms with Crippen molar-refractivity contribution < 1.29 is 4.79 Å². The molecule has 4 nitrogen and oxygen atoms in total. The molecule has 0 saturated carbocycles. The summed E-state index contributed by atoms with van der Waals surface area (Å²) in [4.78, 5) is 13.5. The first-order valence-electron chi connectivity index (χ1n) is 6.88. The quantitative estimate of drug-likeness (QED) is 0.878. The van der Waals surface area contributed by atoms with E-state index in [4.69, 9.17) is 0 Å². The highest BCUT2D eigenvalue weighted by Crippen LogP contribution is 2.22. The SMILES string of the molecule is CC(=O)Nc1cc(NC2CCCN(C)C2)ccc1C. The predicted octanol–water partition coefficient (Wildman–Crippen LogP) is 2.46. The van der Waals surface area contributed by atoms with Crippen LogP contribution in [0.3, 0.4) is 0 Å². The molecule has 1 heterocycles.